The van der Waals surface area contributed by atoms with Gasteiger partial charge in [0.05, 0.1) is 27.4 Å². The van der Waals surface area contributed by atoms with Gasteiger partial charge in [0.15, 0.2) is 10.9 Å². The minimum absolute atomic E-state index is 0.161. The average molecular weight is 450 g/mol. The van der Waals surface area contributed by atoms with Crippen LogP contribution < -0.4 is 9.64 Å². The first-order valence-corrected chi connectivity index (χ1v) is 11.0. The summed E-state index contributed by atoms with van der Waals surface area (Å²) in [5.41, 5.74) is 2.66. The van der Waals surface area contributed by atoms with Gasteiger partial charge in [-0.15, -0.1) is 0 Å². The largest absolute Gasteiger partial charge is 0.494 e. The maximum absolute atomic E-state index is 13.1. The number of benzene rings is 2. The number of thiazole rings is 1. The summed E-state index contributed by atoms with van der Waals surface area (Å²) < 4.78 is 6.53. The van der Waals surface area contributed by atoms with Crippen molar-refractivity contribution in [2.45, 2.75) is 13.3 Å². The Bertz CT molecular complexity index is 1060. The number of aromatic nitrogens is 1. The smallest absolute Gasteiger partial charge is 0.259 e. The van der Waals surface area contributed by atoms with Crippen molar-refractivity contribution in [1.29, 1.82) is 0 Å². The third kappa shape index (κ3) is 3.89. The Balaban J connectivity index is 1.50. The van der Waals surface area contributed by atoms with Crippen LogP contribution in [0, 0.1) is 0 Å². The maximum Gasteiger partial charge on any atom is 0.259 e. The standard InChI is InChI=1S/C21H21Cl2N3O2S/c1-3-13-4-7-16-17(12-13)29-21(24-16)26-10-8-25(9-11-26)20(27)18-14(22)5-6-15(23)19(18)28-2/h4-7,12H,3,8-11H2,1-2H3. The molecule has 2 heterocycles. The Kier molecular flexibility index (Phi) is 5.86. The number of halogens is 2. The molecule has 5 nitrogen and oxygen atoms in total. The van der Waals surface area contributed by atoms with Crippen LogP contribution in [0.2, 0.25) is 10.0 Å². The van der Waals surface area contributed by atoms with Crippen molar-refractivity contribution in [3.8, 4) is 5.75 Å². The molecule has 29 heavy (non-hydrogen) atoms. The molecule has 1 aliphatic heterocycles. The number of nitrogens with zero attached hydrogens (tertiary/aromatic N) is 3. The number of rotatable bonds is 4. The third-order valence-electron chi connectivity index (χ3n) is 5.16. The Labute approximate surface area is 183 Å². The van der Waals surface area contributed by atoms with E-state index in [1.165, 1.54) is 17.4 Å². The summed E-state index contributed by atoms with van der Waals surface area (Å²) in [6, 6.07) is 9.69. The van der Waals surface area contributed by atoms with Gasteiger partial charge in [0.1, 0.15) is 5.56 Å². The predicted octanol–water partition coefficient (Wildman–Crippen LogP) is 5.14. The number of piperazine rings is 1. The summed E-state index contributed by atoms with van der Waals surface area (Å²) in [6.45, 7) is 4.75. The number of amides is 1. The zero-order chi connectivity index (χ0) is 20.5. The van der Waals surface area contributed by atoms with E-state index in [4.69, 9.17) is 32.9 Å². The molecule has 0 radical (unpaired) electrons. The Morgan fingerprint density at radius 3 is 2.55 bits per heavy atom. The normalized spacial score (nSPS) is 14.5. The van der Waals surface area contributed by atoms with E-state index in [9.17, 15) is 4.79 Å². The van der Waals surface area contributed by atoms with Crippen LogP contribution in [-0.4, -0.2) is 49.1 Å². The molecule has 1 aromatic heterocycles. The second kappa shape index (κ2) is 8.38. The van der Waals surface area contributed by atoms with Gasteiger partial charge in [-0.3, -0.25) is 4.79 Å². The molecule has 1 amide bonds. The van der Waals surface area contributed by atoms with E-state index < -0.39 is 0 Å². The van der Waals surface area contributed by atoms with Crippen molar-refractivity contribution < 1.29 is 9.53 Å². The van der Waals surface area contributed by atoms with Gasteiger partial charge in [0, 0.05) is 26.2 Å². The Morgan fingerprint density at radius 1 is 1.14 bits per heavy atom. The number of hydrogen-bond acceptors (Lipinski definition) is 5. The lowest BCUT2D eigenvalue weighted by Gasteiger charge is -2.35. The highest BCUT2D eigenvalue weighted by molar-refractivity contribution is 7.22. The van der Waals surface area contributed by atoms with Gasteiger partial charge in [0.2, 0.25) is 0 Å². The Morgan fingerprint density at radius 2 is 1.86 bits per heavy atom. The van der Waals surface area contributed by atoms with E-state index in [0.29, 0.717) is 47.5 Å². The predicted molar refractivity (Wildman–Crippen MR) is 120 cm³/mol. The van der Waals surface area contributed by atoms with E-state index in [1.807, 2.05) is 0 Å². The number of anilines is 1. The molecule has 0 atom stereocenters. The fraction of sp³-hybridized carbons (Fsp3) is 0.333. The molecule has 3 aromatic rings. The first-order valence-electron chi connectivity index (χ1n) is 9.47. The molecule has 0 bridgehead atoms. The van der Waals surface area contributed by atoms with Crippen LogP contribution in [0.1, 0.15) is 22.8 Å². The molecular weight excluding hydrogens is 429 g/mol. The van der Waals surface area contributed by atoms with E-state index in [0.717, 1.165) is 17.1 Å². The molecule has 0 unspecified atom stereocenters. The molecule has 2 aromatic carbocycles. The number of aryl methyl sites for hydroxylation is 1. The molecule has 152 valence electrons. The Hall–Kier alpha value is -2.02. The summed E-state index contributed by atoms with van der Waals surface area (Å²) in [5, 5.41) is 1.72. The van der Waals surface area contributed by atoms with Gasteiger partial charge in [-0.1, -0.05) is 47.5 Å². The average Bonchev–Trinajstić information content (AvgIpc) is 3.18. The molecule has 1 aliphatic rings. The second-order valence-corrected chi connectivity index (χ2v) is 8.69. The molecule has 0 aliphatic carbocycles. The number of ether oxygens (including phenoxy) is 1. The van der Waals surface area contributed by atoms with Gasteiger partial charge >= 0.3 is 0 Å². The zero-order valence-electron chi connectivity index (χ0n) is 16.2. The van der Waals surface area contributed by atoms with Crippen LogP contribution >= 0.6 is 34.5 Å². The van der Waals surface area contributed by atoms with Gasteiger partial charge < -0.3 is 14.5 Å². The van der Waals surface area contributed by atoms with Crippen LogP contribution in [-0.2, 0) is 6.42 Å². The van der Waals surface area contributed by atoms with Crippen LogP contribution in [0.25, 0.3) is 10.2 Å². The van der Waals surface area contributed by atoms with Crippen LogP contribution in [0.5, 0.6) is 5.75 Å². The van der Waals surface area contributed by atoms with E-state index in [2.05, 4.69) is 30.0 Å². The lowest BCUT2D eigenvalue weighted by molar-refractivity contribution is 0.0743. The zero-order valence-corrected chi connectivity index (χ0v) is 18.6. The second-order valence-electron chi connectivity index (χ2n) is 6.87. The molecular formula is C21H21Cl2N3O2S. The summed E-state index contributed by atoms with van der Waals surface area (Å²) in [5.74, 6) is 0.162. The van der Waals surface area contributed by atoms with Crippen molar-refractivity contribution in [3.63, 3.8) is 0 Å². The highest BCUT2D eigenvalue weighted by atomic mass is 35.5. The molecule has 0 N–H and O–H groups in total. The summed E-state index contributed by atoms with van der Waals surface area (Å²) in [6.07, 6.45) is 1.01. The first-order chi connectivity index (χ1) is 14.0. The van der Waals surface area contributed by atoms with Gasteiger partial charge in [-0.2, -0.15) is 0 Å². The quantitative estimate of drug-likeness (QED) is 0.553. The molecule has 1 fully saturated rings. The number of carbonyl (C=O) groups excluding carboxylic acids is 1. The SMILES string of the molecule is CCc1ccc2nc(N3CCN(C(=O)c4c(Cl)ccc(Cl)c4OC)CC3)sc2c1. The highest BCUT2D eigenvalue weighted by Gasteiger charge is 2.28. The van der Waals surface area contributed by atoms with Gasteiger partial charge in [-0.05, 0) is 36.2 Å². The van der Waals surface area contributed by atoms with Crippen LogP contribution in [0.4, 0.5) is 5.13 Å². The van der Waals surface area contributed by atoms with Crippen LogP contribution in [0.15, 0.2) is 30.3 Å². The van der Waals surface area contributed by atoms with Crippen molar-refractivity contribution >= 4 is 55.8 Å². The monoisotopic (exact) mass is 449 g/mol. The van der Waals surface area contributed by atoms with Crippen molar-refractivity contribution in [3.05, 3.63) is 51.5 Å². The highest BCUT2D eigenvalue weighted by Crippen LogP contribution is 2.35. The molecule has 1 saturated heterocycles. The molecule has 0 saturated carbocycles. The summed E-state index contributed by atoms with van der Waals surface area (Å²) in [4.78, 5) is 21.9. The number of methoxy groups -OCH3 is 1. The molecule has 0 spiro atoms. The molecule has 8 heteroatoms. The lowest BCUT2D eigenvalue weighted by atomic mass is 10.1. The van der Waals surface area contributed by atoms with E-state index >= 15 is 0 Å². The summed E-state index contributed by atoms with van der Waals surface area (Å²) >= 11 is 14.2. The minimum Gasteiger partial charge on any atom is -0.494 e. The van der Waals surface area contributed by atoms with Crippen LogP contribution in [0.3, 0.4) is 0 Å². The molecule has 4 rings (SSSR count). The first kappa shape index (κ1) is 20.3. The third-order valence-corrected chi connectivity index (χ3v) is 6.86. The lowest BCUT2D eigenvalue weighted by Crippen LogP contribution is -2.48. The van der Waals surface area contributed by atoms with Gasteiger partial charge in [-0.25, -0.2) is 4.98 Å². The minimum atomic E-state index is -0.161. The topological polar surface area (TPSA) is 45.7 Å². The van der Waals surface area contributed by atoms with Crippen molar-refractivity contribution in [2.75, 3.05) is 38.2 Å². The van der Waals surface area contributed by atoms with E-state index in [1.54, 1.807) is 28.4 Å². The van der Waals surface area contributed by atoms with Gasteiger partial charge in [0.25, 0.3) is 5.91 Å². The fourth-order valence-corrected chi connectivity index (χ4v) is 5.05. The van der Waals surface area contributed by atoms with Crippen molar-refractivity contribution in [2.24, 2.45) is 0 Å². The number of fused-ring (bicyclic) bond motifs is 1. The van der Waals surface area contributed by atoms with Crippen molar-refractivity contribution in [1.82, 2.24) is 9.88 Å². The fourth-order valence-electron chi connectivity index (χ4n) is 3.50. The summed E-state index contributed by atoms with van der Waals surface area (Å²) in [7, 11) is 1.49. The van der Waals surface area contributed by atoms with E-state index in [-0.39, 0.29) is 5.91 Å². The number of carbonyl (C=O) groups is 1. The maximum atomic E-state index is 13.1. The number of hydrogen-bond donors (Lipinski definition) is 0.